The van der Waals surface area contributed by atoms with Crippen LogP contribution in [0.25, 0.3) is 0 Å². The van der Waals surface area contributed by atoms with Crippen LogP contribution in [0.3, 0.4) is 0 Å². The van der Waals surface area contributed by atoms with Gasteiger partial charge in [-0.25, -0.2) is 0 Å². The normalized spacial score (nSPS) is 24.2. The van der Waals surface area contributed by atoms with Crippen molar-refractivity contribution >= 4 is 11.8 Å². The number of carbonyl (C=O) groups is 2. The van der Waals surface area contributed by atoms with E-state index in [0.29, 0.717) is 39.3 Å². The summed E-state index contributed by atoms with van der Waals surface area (Å²) in [5.74, 6) is 0.0136. The van der Waals surface area contributed by atoms with Crippen LogP contribution in [0.4, 0.5) is 0 Å². The Labute approximate surface area is 154 Å². The standard InChI is InChI=1S/C19H27N3O4/c1-14(2)22-12-19(13-25-10-18(22)24)11-21(6-7-26-19)17(23)8-16-5-4-15(3)20-9-16/h4-5,9,14H,6-8,10-13H2,1-3H3. The molecule has 1 aromatic heterocycles. The van der Waals surface area contributed by atoms with E-state index in [0.717, 1.165) is 11.3 Å². The predicted octanol–water partition coefficient (Wildman–Crippen LogP) is 0.797. The van der Waals surface area contributed by atoms with Gasteiger partial charge in [-0.05, 0) is 32.4 Å². The minimum atomic E-state index is -0.657. The Balaban J connectivity index is 1.70. The molecule has 0 radical (unpaired) electrons. The number of rotatable bonds is 3. The first-order chi connectivity index (χ1) is 12.4. The Morgan fingerprint density at radius 3 is 2.85 bits per heavy atom. The molecule has 2 saturated heterocycles. The number of morpholine rings is 1. The number of nitrogens with zero attached hydrogens (tertiary/aromatic N) is 3. The first kappa shape index (κ1) is 18.8. The highest BCUT2D eigenvalue weighted by Crippen LogP contribution is 2.24. The summed E-state index contributed by atoms with van der Waals surface area (Å²) in [6, 6.07) is 3.91. The second-order valence-corrected chi connectivity index (χ2v) is 7.44. The average molecular weight is 361 g/mol. The highest BCUT2D eigenvalue weighted by Gasteiger charge is 2.43. The van der Waals surface area contributed by atoms with Crippen molar-refractivity contribution in [1.82, 2.24) is 14.8 Å². The molecule has 1 spiro atoms. The lowest BCUT2D eigenvalue weighted by Crippen LogP contribution is -2.61. The van der Waals surface area contributed by atoms with Gasteiger partial charge in [0, 0.05) is 24.5 Å². The maximum absolute atomic E-state index is 12.8. The molecular weight excluding hydrogens is 334 g/mol. The van der Waals surface area contributed by atoms with Gasteiger partial charge in [-0.1, -0.05) is 6.07 Å². The van der Waals surface area contributed by atoms with E-state index in [9.17, 15) is 9.59 Å². The summed E-state index contributed by atoms with van der Waals surface area (Å²) in [6.07, 6.45) is 2.06. The molecular formula is C19H27N3O4. The van der Waals surface area contributed by atoms with Gasteiger partial charge in [0.25, 0.3) is 0 Å². The van der Waals surface area contributed by atoms with Gasteiger partial charge in [-0.15, -0.1) is 0 Å². The SMILES string of the molecule is Cc1ccc(CC(=O)N2CCOC3(COCC(=O)N(C(C)C)C3)C2)cn1. The zero-order valence-corrected chi connectivity index (χ0v) is 15.7. The number of aromatic nitrogens is 1. The van der Waals surface area contributed by atoms with Gasteiger partial charge in [-0.2, -0.15) is 0 Å². The zero-order chi connectivity index (χ0) is 18.7. The van der Waals surface area contributed by atoms with Crippen LogP contribution in [-0.4, -0.2) is 77.7 Å². The second-order valence-electron chi connectivity index (χ2n) is 7.44. The number of amides is 2. The zero-order valence-electron chi connectivity index (χ0n) is 15.7. The minimum absolute atomic E-state index is 0.0327. The van der Waals surface area contributed by atoms with E-state index in [2.05, 4.69) is 4.98 Å². The summed E-state index contributed by atoms with van der Waals surface area (Å²) < 4.78 is 11.6. The van der Waals surface area contributed by atoms with Gasteiger partial charge in [0.2, 0.25) is 11.8 Å². The molecule has 7 heteroatoms. The highest BCUT2D eigenvalue weighted by molar-refractivity contribution is 5.79. The van der Waals surface area contributed by atoms with Crippen molar-refractivity contribution in [1.29, 1.82) is 0 Å². The van der Waals surface area contributed by atoms with Crippen LogP contribution in [0.5, 0.6) is 0 Å². The van der Waals surface area contributed by atoms with Crippen LogP contribution >= 0.6 is 0 Å². The summed E-state index contributed by atoms with van der Waals surface area (Å²) in [5.41, 5.74) is 1.17. The van der Waals surface area contributed by atoms with Gasteiger partial charge >= 0.3 is 0 Å². The molecule has 3 heterocycles. The van der Waals surface area contributed by atoms with Crippen LogP contribution in [0.2, 0.25) is 0 Å². The van der Waals surface area contributed by atoms with E-state index in [1.807, 2.05) is 37.8 Å². The molecule has 0 N–H and O–H groups in total. The second kappa shape index (κ2) is 7.72. The van der Waals surface area contributed by atoms with Crippen LogP contribution in [0, 0.1) is 6.92 Å². The molecule has 142 valence electrons. The van der Waals surface area contributed by atoms with Crippen LogP contribution in [0.15, 0.2) is 18.3 Å². The Kier molecular flexibility index (Phi) is 5.58. The van der Waals surface area contributed by atoms with E-state index in [1.165, 1.54) is 0 Å². The van der Waals surface area contributed by atoms with Crippen LogP contribution < -0.4 is 0 Å². The number of hydrogen-bond donors (Lipinski definition) is 0. The molecule has 0 aliphatic carbocycles. The van der Waals surface area contributed by atoms with Crippen LogP contribution in [0.1, 0.15) is 25.1 Å². The molecule has 0 bridgehead atoms. The fraction of sp³-hybridized carbons (Fsp3) is 0.632. The first-order valence-corrected chi connectivity index (χ1v) is 9.09. The highest BCUT2D eigenvalue weighted by atomic mass is 16.5. The molecule has 1 unspecified atom stereocenters. The Hall–Kier alpha value is -1.99. The van der Waals surface area contributed by atoms with Gasteiger partial charge in [0.15, 0.2) is 0 Å². The van der Waals surface area contributed by atoms with E-state index >= 15 is 0 Å². The number of pyridine rings is 1. The summed E-state index contributed by atoms with van der Waals surface area (Å²) in [4.78, 5) is 32.8. The number of carbonyl (C=O) groups excluding carboxylic acids is 2. The Morgan fingerprint density at radius 2 is 2.15 bits per heavy atom. The fourth-order valence-corrected chi connectivity index (χ4v) is 3.45. The topological polar surface area (TPSA) is 72.0 Å². The third-order valence-corrected chi connectivity index (χ3v) is 4.92. The largest absolute Gasteiger partial charge is 0.368 e. The van der Waals surface area contributed by atoms with Gasteiger partial charge < -0.3 is 19.3 Å². The molecule has 0 saturated carbocycles. The molecule has 2 aliphatic rings. The van der Waals surface area contributed by atoms with Crippen molar-refractivity contribution in [2.24, 2.45) is 0 Å². The third-order valence-electron chi connectivity index (χ3n) is 4.92. The summed E-state index contributed by atoms with van der Waals surface area (Å²) >= 11 is 0. The molecule has 1 atom stereocenters. The molecule has 26 heavy (non-hydrogen) atoms. The lowest BCUT2D eigenvalue weighted by Gasteiger charge is -2.44. The smallest absolute Gasteiger partial charge is 0.248 e. The van der Waals surface area contributed by atoms with E-state index in [1.54, 1.807) is 11.1 Å². The molecule has 2 aliphatic heterocycles. The van der Waals surface area contributed by atoms with Gasteiger partial charge in [0.1, 0.15) is 12.2 Å². The maximum Gasteiger partial charge on any atom is 0.248 e. The monoisotopic (exact) mass is 361 g/mol. The lowest BCUT2D eigenvalue weighted by molar-refractivity contribution is -0.162. The van der Waals surface area contributed by atoms with Crippen molar-refractivity contribution < 1.29 is 19.1 Å². The number of ether oxygens (including phenoxy) is 2. The van der Waals surface area contributed by atoms with Gasteiger partial charge in [-0.3, -0.25) is 14.6 Å². The van der Waals surface area contributed by atoms with E-state index < -0.39 is 5.60 Å². The minimum Gasteiger partial charge on any atom is -0.368 e. The van der Waals surface area contributed by atoms with Crippen molar-refractivity contribution in [2.45, 2.75) is 38.8 Å². The Bertz CT molecular complexity index is 661. The quantitative estimate of drug-likeness (QED) is 0.796. The average Bonchev–Trinajstić information content (AvgIpc) is 2.76. The molecule has 1 aromatic rings. The summed E-state index contributed by atoms with van der Waals surface area (Å²) in [6.45, 7) is 8.13. The third kappa shape index (κ3) is 4.22. The molecule has 3 rings (SSSR count). The molecule has 7 nitrogen and oxygen atoms in total. The summed E-state index contributed by atoms with van der Waals surface area (Å²) in [5, 5.41) is 0. The fourth-order valence-electron chi connectivity index (χ4n) is 3.45. The van der Waals surface area contributed by atoms with E-state index in [-0.39, 0.29) is 24.5 Å². The maximum atomic E-state index is 12.8. The van der Waals surface area contributed by atoms with Crippen molar-refractivity contribution in [3.8, 4) is 0 Å². The number of hydrogen-bond acceptors (Lipinski definition) is 5. The molecule has 2 fully saturated rings. The lowest BCUT2D eigenvalue weighted by atomic mass is 10.0. The van der Waals surface area contributed by atoms with Gasteiger partial charge in [0.05, 0.1) is 32.7 Å². The van der Waals surface area contributed by atoms with Crippen LogP contribution in [-0.2, 0) is 25.5 Å². The first-order valence-electron chi connectivity index (χ1n) is 9.09. The van der Waals surface area contributed by atoms with Crippen molar-refractivity contribution in [3.63, 3.8) is 0 Å². The molecule has 2 amide bonds. The number of aryl methyl sites for hydroxylation is 1. The van der Waals surface area contributed by atoms with Crippen molar-refractivity contribution in [3.05, 3.63) is 29.6 Å². The van der Waals surface area contributed by atoms with Crippen molar-refractivity contribution in [2.75, 3.05) is 39.5 Å². The Morgan fingerprint density at radius 1 is 1.35 bits per heavy atom. The predicted molar refractivity (Wildman–Crippen MR) is 95.6 cm³/mol. The van der Waals surface area contributed by atoms with E-state index in [4.69, 9.17) is 9.47 Å². The molecule has 0 aromatic carbocycles. The summed E-state index contributed by atoms with van der Waals surface area (Å²) in [7, 11) is 0.